The highest BCUT2D eigenvalue weighted by Crippen LogP contribution is 2.41. The van der Waals surface area contributed by atoms with E-state index in [2.05, 4.69) is 5.32 Å². The van der Waals surface area contributed by atoms with Crippen LogP contribution >= 0.6 is 11.6 Å². The van der Waals surface area contributed by atoms with Crippen molar-refractivity contribution in [1.29, 1.82) is 0 Å². The Morgan fingerprint density at radius 1 is 1.32 bits per heavy atom. The molecule has 1 aromatic rings. The van der Waals surface area contributed by atoms with Gasteiger partial charge in [-0.05, 0) is 49.9 Å². The first kappa shape index (κ1) is 14.7. The lowest BCUT2D eigenvalue weighted by Gasteiger charge is -2.34. The summed E-state index contributed by atoms with van der Waals surface area (Å²) in [6, 6.07) is 6.08. The van der Waals surface area contributed by atoms with E-state index in [0.717, 1.165) is 16.1 Å². The van der Waals surface area contributed by atoms with Crippen LogP contribution in [0.1, 0.15) is 42.9 Å². The second-order valence-corrected chi connectivity index (χ2v) is 5.88. The van der Waals surface area contributed by atoms with Gasteiger partial charge in [0, 0.05) is 23.9 Å². The molecule has 0 saturated heterocycles. The lowest BCUT2D eigenvalue weighted by atomic mass is 9.79. The first-order valence-electron chi connectivity index (χ1n) is 6.74. The molecule has 1 unspecified atom stereocenters. The minimum absolute atomic E-state index is 0.00452. The van der Waals surface area contributed by atoms with E-state index in [4.69, 9.17) is 11.6 Å². The topological polar surface area (TPSA) is 12.0 Å². The van der Waals surface area contributed by atoms with Crippen molar-refractivity contribution in [2.75, 3.05) is 7.05 Å². The Kier molecular flexibility index (Phi) is 4.46. The molecule has 0 bridgehead atoms. The van der Waals surface area contributed by atoms with Gasteiger partial charge in [0.1, 0.15) is 0 Å². The first-order chi connectivity index (χ1) is 8.93. The van der Waals surface area contributed by atoms with Crippen LogP contribution in [0, 0.1) is 12.8 Å². The molecule has 2 rings (SSSR count). The second-order valence-electron chi connectivity index (χ2n) is 5.47. The zero-order valence-electron chi connectivity index (χ0n) is 11.3. The summed E-state index contributed by atoms with van der Waals surface area (Å²) >= 11 is 6.15. The van der Waals surface area contributed by atoms with Crippen molar-refractivity contribution < 1.29 is 8.78 Å². The van der Waals surface area contributed by atoms with Crippen molar-refractivity contribution >= 4 is 11.6 Å². The quantitative estimate of drug-likeness (QED) is 0.847. The summed E-state index contributed by atoms with van der Waals surface area (Å²) in [6.07, 6.45) is 1.11. The Labute approximate surface area is 118 Å². The second kappa shape index (κ2) is 5.76. The molecule has 0 aliphatic heterocycles. The minimum atomic E-state index is -2.47. The molecule has 106 valence electrons. The summed E-state index contributed by atoms with van der Waals surface area (Å²) in [5.41, 5.74) is 2.13. The molecular weight excluding hydrogens is 268 g/mol. The van der Waals surface area contributed by atoms with Crippen molar-refractivity contribution in [3.63, 3.8) is 0 Å². The van der Waals surface area contributed by atoms with Crippen LogP contribution in [0.5, 0.6) is 0 Å². The van der Waals surface area contributed by atoms with Crippen LogP contribution in [-0.2, 0) is 0 Å². The third-order valence-corrected chi connectivity index (χ3v) is 4.51. The monoisotopic (exact) mass is 287 g/mol. The number of rotatable bonds is 3. The fourth-order valence-electron chi connectivity index (χ4n) is 2.87. The van der Waals surface area contributed by atoms with Gasteiger partial charge >= 0.3 is 0 Å². The van der Waals surface area contributed by atoms with Gasteiger partial charge in [-0.3, -0.25) is 0 Å². The number of aryl methyl sites for hydroxylation is 1. The molecule has 0 amide bonds. The predicted molar refractivity (Wildman–Crippen MR) is 74.9 cm³/mol. The Morgan fingerprint density at radius 3 is 2.47 bits per heavy atom. The molecule has 0 radical (unpaired) electrons. The highest BCUT2D eigenvalue weighted by Gasteiger charge is 2.37. The molecule has 4 heteroatoms. The van der Waals surface area contributed by atoms with Gasteiger partial charge in [-0.2, -0.15) is 0 Å². The van der Waals surface area contributed by atoms with E-state index >= 15 is 0 Å². The van der Waals surface area contributed by atoms with Crippen LogP contribution in [0.15, 0.2) is 18.2 Å². The summed E-state index contributed by atoms with van der Waals surface area (Å²) < 4.78 is 26.4. The van der Waals surface area contributed by atoms with Gasteiger partial charge in [0.05, 0.1) is 0 Å². The standard InChI is InChI=1S/C15H20ClF2N/c1-10-3-4-12(9-13(10)16)14(19-2)11-5-7-15(17,18)8-6-11/h3-4,9,11,14,19H,5-8H2,1-2H3. The third-order valence-electron chi connectivity index (χ3n) is 4.10. The van der Waals surface area contributed by atoms with E-state index in [1.54, 1.807) is 0 Å². The van der Waals surface area contributed by atoms with Crippen molar-refractivity contribution in [2.24, 2.45) is 5.92 Å². The Bertz CT molecular complexity index is 438. The number of hydrogen-bond acceptors (Lipinski definition) is 1. The maximum Gasteiger partial charge on any atom is 0.248 e. The van der Waals surface area contributed by atoms with Crippen LogP contribution in [-0.4, -0.2) is 13.0 Å². The Hall–Kier alpha value is -0.670. The summed E-state index contributed by atoms with van der Waals surface area (Å²) in [5.74, 6) is -2.22. The molecule has 1 fully saturated rings. The Morgan fingerprint density at radius 2 is 1.95 bits per heavy atom. The smallest absolute Gasteiger partial charge is 0.248 e. The summed E-state index contributed by atoms with van der Waals surface area (Å²) in [6.45, 7) is 1.96. The molecular formula is C15H20ClF2N. The van der Waals surface area contributed by atoms with Crippen LogP contribution in [0.25, 0.3) is 0 Å². The summed E-state index contributed by atoms with van der Waals surface area (Å²) in [7, 11) is 1.88. The van der Waals surface area contributed by atoms with E-state index in [0.29, 0.717) is 12.8 Å². The number of nitrogens with one attached hydrogen (secondary N) is 1. The van der Waals surface area contributed by atoms with Gasteiger partial charge in [0.25, 0.3) is 0 Å². The molecule has 1 aliphatic rings. The number of hydrogen-bond donors (Lipinski definition) is 1. The zero-order chi connectivity index (χ0) is 14.0. The SMILES string of the molecule is CNC(c1ccc(C)c(Cl)c1)C1CCC(F)(F)CC1. The van der Waals surface area contributed by atoms with E-state index < -0.39 is 5.92 Å². The first-order valence-corrected chi connectivity index (χ1v) is 7.12. The molecule has 1 saturated carbocycles. The van der Waals surface area contributed by atoms with Crippen molar-refractivity contribution in [1.82, 2.24) is 5.32 Å². The average Bonchev–Trinajstić information content (AvgIpc) is 2.36. The van der Waals surface area contributed by atoms with Crippen LogP contribution < -0.4 is 5.32 Å². The minimum Gasteiger partial charge on any atom is -0.313 e. The summed E-state index contributed by atoms with van der Waals surface area (Å²) in [5, 5.41) is 3.99. The number of alkyl halides is 2. The van der Waals surface area contributed by atoms with E-state index in [-0.39, 0.29) is 24.8 Å². The molecule has 1 N–H and O–H groups in total. The lowest BCUT2D eigenvalue weighted by molar-refractivity contribution is -0.0495. The van der Waals surface area contributed by atoms with Gasteiger partial charge in [-0.1, -0.05) is 23.7 Å². The summed E-state index contributed by atoms with van der Waals surface area (Å²) in [4.78, 5) is 0. The molecule has 1 atom stereocenters. The highest BCUT2D eigenvalue weighted by atomic mass is 35.5. The average molecular weight is 288 g/mol. The van der Waals surface area contributed by atoms with Crippen LogP contribution in [0.2, 0.25) is 5.02 Å². The molecule has 0 spiro atoms. The van der Waals surface area contributed by atoms with Gasteiger partial charge in [-0.25, -0.2) is 8.78 Å². The molecule has 1 aliphatic carbocycles. The van der Waals surface area contributed by atoms with Crippen LogP contribution in [0.3, 0.4) is 0 Å². The Balaban J connectivity index is 2.14. The van der Waals surface area contributed by atoms with Gasteiger partial charge < -0.3 is 5.32 Å². The zero-order valence-corrected chi connectivity index (χ0v) is 12.1. The molecule has 0 aromatic heterocycles. The molecule has 1 aromatic carbocycles. The van der Waals surface area contributed by atoms with Crippen LogP contribution in [0.4, 0.5) is 8.78 Å². The maximum absolute atomic E-state index is 13.2. The van der Waals surface area contributed by atoms with Crippen molar-refractivity contribution in [2.45, 2.75) is 44.6 Å². The maximum atomic E-state index is 13.2. The predicted octanol–water partition coefficient (Wildman–Crippen LogP) is 4.73. The van der Waals surface area contributed by atoms with Gasteiger partial charge in [0.15, 0.2) is 0 Å². The largest absolute Gasteiger partial charge is 0.313 e. The fraction of sp³-hybridized carbons (Fsp3) is 0.600. The number of halogens is 3. The molecule has 1 nitrogen and oxygen atoms in total. The van der Waals surface area contributed by atoms with E-state index in [1.807, 2.05) is 32.2 Å². The lowest BCUT2D eigenvalue weighted by Crippen LogP contribution is -2.32. The van der Waals surface area contributed by atoms with E-state index in [1.165, 1.54) is 0 Å². The number of benzene rings is 1. The van der Waals surface area contributed by atoms with E-state index in [9.17, 15) is 8.78 Å². The van der Waals surface area contributed by atoms with Crippen molar-refractivity contribution in [3.05, 3.63) is 34.3 Å². The van der Waals surface area contributed by atoms with Crippen molar-refractivity contribution in [3.8, 4) is 0 Å². The van der Waals surface area contributed by atoms with Gasteiger partial charge in [0.2, 0.25) is 5.92 Å². The van der Waals surface area contributed by atoms with Gasteiger partial charge in [-0.15, -0.1) is 0 Å². The molecule has 0 heterocycles. The molecule has 19 heavy (non-hydrogen) atoms. The highest BCUT2D eigenvalue weighted by molar-refractivity contribution is 6.31. The normalized spacial score (nSPS) is 21.3. The third kappa shape index (κ3) is 3.46. The fourth-order valence-corrected chi connectivity index (χ4v) is 3.06.